The predicted octanol–water partition coefficient (Wildman–Crippen LogP) is 2.68. The summed E-state index contributed by atoms with van der Waals surface area (Å²) in [6.45, 7) is 3.92. The van der Waals surface area contributed by atoms with Gasteiger partial charge in [0.15, 0.2) is 5.58 Å². The van der Waals surface area contributed by atoms with Crippen LogP contribution < -0.4 is 0 Å². The number of aromatic nitrogens is 1. The minimum atomic E-state index is 0.166. The van der Waals surface area contributed by atoms with Crippen molar-refractivity contribution < 1.29 is 14.1 Å². The molecule has 2 aromatic rings. The Morgan fingerprint density at radius 2 is 1.92 bits per heavy atom. The first-order chi connectivity index (χ1) is 12.7. The van der Waals surface area contributed by atoms with E-state index in [1.807, 2.05) is 18.2 Å². The van der Waals surface area contributed by atoms with Crippen molar-refractivity contribution in [2.24, 2.45) is 5.92 Å². The second kappa shape index (κ2) is 7.76. The minimum absolute atomic E-state index is 0.166. The van der Waals surface area contributed by atoms with Gasteiger partial charge in [-0.25, -0.2) is 0 Å². The number of rotatable bonds is 4. The number of piperidine rings is 1. The summed E-state index contributed by atoms with van der Waals surface area (Å²) in [5, 5.41) is 5.33. The van der Waals surface area contributed by atoms with Gasteiger partial charge >= 0.3 is 0 Å². The Morgan fingerprint density at radius 3 is 2.69 bits per heavy atom. The summed E-state index contributed by atoms with van der Waals surface area (Å²) in [7, 11) is 2.14. The van der Waals surface area contributed by atoms with E-state index in [4.69, 9.17) is 9.26 Å². The zero-order chi connectivity index (χ0) is 17.9. The van der Waals surface area contributed by atoms with Crippen molar-refractivity contribution >= 4 is 16.9 Å². The van der Waals surface area contributed by atoms with E-state index >= 15 is 0 Å². The van der Waals surface area contributed by atoms with E-state index in [-0.39, 0.29) is 5.92 Å². The van der Waals surface area contributed by atoms with Crippen molar-refractivity contribution in [1.82, 2.24) is 15.0 Å². The fourth-order valence-corrected chi connectivity index (χ4v) is 4.15. The Labute approximate surface area is 154 Å². The Bertz CT molecular complexity index is 746. The van der Waals surface area contributed by atoms with Crippen molar-refractivity contribution in [3.63, 3.8) is 0 Å². The van der Waals surface area contributed by atoms with Gasteiger partial charge in [0.1, 0.15) is 5.69 Å². The predicted molar refractivity (Wildman–Crippen MR) is 98.6 cm³/mol. The van der Waals surface area contributed by atoms with E-state index < -0.39 is 0 Å². The van der Waals surface area contributed by atoms with Crippen LogP contribution in [0, 0.1) is 5.92 Å². The van der Waals surface area contributed by atoms with Crippen LogP contribution >= 0.6 is 0 Å². The van der Waals surface area contributed by atoms with Gasteiger partial charge in [0.2, 0.25) is 5.91 Å². The molecular formula is C20H27N3O3. The van der Waals surface area contributed by atoms with E-state index in [1.54, 1.807) is 0 Å². The standard InChI is InChI=1S/C20H27N3O3/c1-22(14-18-17-4-2-3-5-19(17)26-21-18)16-6-10-23(11-7-16)20(24)15-8-12-25-13-9-15/h2-5,15-16H,6-14H2,1H3. The van der Waals surface area contributed by atoms with Gasteiger partial charge in [0.25, 0.3) is 0 Å². The summed E-state index contributed by atoms with van der Waals surface area (Å²) in [5.74, 6) is 0.497. The van der Waals surface area contributed by atoms with Gasteiger partial charge in [0.05, 0.1) is 0 Å². The molecule has 0 aliphatic carbocycles. The van der Waals surface area contributed by atoms with E-state index in [1.165, 1.54) is 0 Å². The number of hydrogen-bond acceptors (Lipinski definition) is 5. The third kappa shape index (κ3) is 3.62. The molecule has 4 rings (SSSR count). The van der Waals surface area contributed by atoms with Crippen molar-refractivity contribution in [2.45, 2.75) is 38.3 Å². The van der Waals surface area contributed by atoms with Gasteiger partial charge < -0.3 is 14.2 Å². The monoisotopic (exact) mass is 357 g/mol. The Morgan fingerprint density at radius 1 is 1.19 bits per heavy atom. The highest BCUT2D eigenvalue weighted by Gasteiger charge is 2.30. The number of fused-ring (bicyclic) bond motifs is 1. The molecule has 2 aliphatic heterocycles. The second-order valence-electron chi connectivity index (χ2n) is 7.48. The van der Waals surface area contributed by atoms with Gasteiger partial charge in [-0.3, -0.25) is 9.69 Å². The summed E-state index contributed by atoms with van der Waals surface area (Å²) in [5.41, 5.74) is 1.83. The smallest absolute Gasteiger partial charge is 0.225 e. The van der Waals surface area contributed by atoms with E-state index in [2.05, 4.69) is 28.1 Å². The largest absolute Gasteiger partial charge is 0.381 e. The van der Waals surface area contributed by atoms with Crippen LogP contribution in [0.3, 0.4) is 0 Å². The number of likely N-dealkylation sites (tertiary alicyclic amines) is 1. The molecule has 6 heteroatoms. The lowest BCUT2D eigenvalue weighted by Gasteiger charge is -2.38. The number of carbonyl (C=O) groups is 1. The maximum Gasteiger partial charge on any atom is 0.225 e. The molecule has 26 heavy (non-hydrogen) atoms. The molecule has 2 saturated heterocycles. The second-order valence-corrected chi connectivity index (χ2v) is 7.48. The fraction of sp³-hybridized carbons (Fsp3) is 0.600. The SMILES string of the molecule is CN(Cc1noc2ccccc12)C1CCN(C(=O)C2CCOCC2)CC1. The first kappa shape index (κ1) is 17.5. The molecule has 0 saturated carbocycles. The average Bonchev–Trinajstić information content (AvgIpc) is 3.11. The maximum absolute atomic E-state index is 12.7. The average molecular weight is 357 g/mol. The molecule has 1 aromatic carbocycles. The summed E-state index contributed by atoms with van der Waals surface area (Å²) in [4.78, 5) is 17.1. The maximum atomic E-state index is 12.7. The fourth-order valence-electron chi connectivity index (χ4n) is 4.15. The van der Waals surface area contributed by atoms with Crippen molar-refractivity contribution in [3.05, 3.63) is 30.0 Å². The molecule has 0 atom stereocenters. The highest BCUT2D eigenvalue weighted by atomic mass is 16.5. The molecule has 0 bridgehead atoms. The normalized spacial score (nSPS) is 20.2. The highest BCUT2D eigenvalue weighted by molar-refractivity contribution is 5.79. The van der Waals surface area contributed by atoms with Gasteiger partial charge in [-0.05, 0) is 44.9 Å². The van der Waals surface area contributed by atoms with Crippen molar-refractivity contribution in [1.29, 1.82) is 0 Å². The van der Waals surface area contributed by atoms with E-state index in [0.717, 1.165) is 75.2 Å². The van der Waals surface area contributed by atoms with Crippen molar-refractivity contribution in [3.8, 4) is 0 Å². The molecule has 1 amide bonds. The third-order valence-corrected chi connectivity index (χ3v) is 5.82. The van der Waals surface area contributed by atoms with Crippen molar-refractivity contribution in [2.75, 3.05) is 33.4 Å². The highest BCUT2D eigenvalue weighted by Crippen LogP contribution is 2.24. The van der Waals surface area contributed by atoms with Crippen LogP contribution in [0.5, 0.6) is 0 Å². The first-order valence-corrected chi connectivity index (χ1v) is 9.62. The van der Waals surface area contributed by atoms with Crippen LogP contribution in [0.4, 0.5) is 0 Å². The number of hydrogen-bond donors (Lipinski definition) is 0. The minimum Gasteiger partial charge on any atom is -0.381 e. The number of nitrogens with zero attached hydrogens (tertiary/aromatic N) is 3. The van der Waals surface area contributed by atoms with Gasteiger partial charge in [-0.15, -0.1) is 0 Å². The summed E-state index contributed by atoms with van der Waals surface area (Å²) >= 11 is 0. The van der Waals surface area contributed by atoms with Gasteiger partial charge in [-0.2, -0.15) is 0 Å². The van der Waals surface area contributed by atoms with Crippen LogP contribution in [-0.2, 0) is 16.1 Å². The van der Waals surface area contributed by atoms with Crippen LogP contribution in [0.25, 0.3) is 11.0 Å². The molecule has 6 nitrogen and oxygen atoms in total. The van der Waals surface area contributed by atoms with Crippen LogP contribution in [0.1, 0.15) is 31.4 Å². The third-order valence-electron chi connectivity index (χ3n) is 5.82. The van der Waals surface area contributed by atoms with Crippen LogP contribution in [0.15, 0.2) is 28.8 Å². The molecule has 1 aromatic heterocycles. The Kier molecular flexibility index (Phi) is 5.22. The molecular weight excluding hydrogens is 330 g/mol. The van der Waals surface area contributed by atoms with Crippen LogP contribution in [0.2, 0.25) is 0 Å². The molecule has 0 unspecified atom stereocenters. The summed E-state index contributed by atoms with van der Waals surface area (Å²) < 4.78 is 10.8. The van der Waals surface area contributed by atoms with Crippen LogP contribution in [-0.4, -0.2) is 60.3 Å². The zero-order valence-electron chi connectivity index (χ0n) is 15.4. The topological polar surface area (TPSA) is 58.8 Å². The number of amides is 1. The molecule has 0 radical (unpaired) electrons. The first-order valence-electron chi connectivity index (χ1n) is 9.62. The van der Waals surface area contributed by atoms with E-state index in [0.29, 0.717) is 11.9 Å². The summed E-state index contributed by atoms with van der Waals surface area (Å²) in [6, 6.07) is 8.47. The molecule has 2 fully saturated rings. The molecule has 0 spiro atoms. The number of ether oxygens (including phenoxy) is 1. The number of para-hydroxylation sites is 1. The summed E-state index contributed by atoms with van der Waals surface area (Å²) in [6.07, 6.45) is 3.78. The van der Waals surface area contributed by atoms with Gasteiger partial charge in [0, 0.05) is 50.2 Å². The molecule has 140 valence electrons. The quantitative estimate of drug-likeness (QED) is 0.842. The zero-order valence-corrected chi connectivity index (χ0v) is 15.4. The lowest BCUT2D eigenvalue weighted by Crippen LogP contribution is -2.47. The lowest BCUT2D eigenvalue weighted by atomic mass is 9.96. The molecule has 2 aliphatic rings. The van der Waals surface area contributed by atoms with Gasteiger partial charge in [-0.1, -0.05) is 17.3 Å². The number of carbonyl (C=O) groups excluding carboxylic acids is 1. The molecule has 0 N–H and O–H groups in total. The lowest BCUT2D eigenvalue weighted by molar-refractivity contribution is -0.140. The van der Waals surface area contributed by atoms with E-state index in [9.17, 15) is 4.79 Å². The Hall–Kier alpha value is -1.92. The Balaban J connectivity index is 1.32. The number of benzene rings is 1. The molecule has 3 heterocycles.